The van der Waals surface area contributed by atoms with E-state index in [1.807, 2.05) is 0 Å². The van der Waals surface area contributed by atoms with Crippen molar-refractivity contribution in [2.24, 2.45) is 5.84 Å². The van der Waals surface area contributed by atoms with Crippen molar-refractivity contribution in [1.82, 2.24) is 5.43 Å². The number of hydrazine groups is 1. The first-order chi connectivity index (χ1) is 6.69. The molecule has 0 aromatic heterocycles. The number of nitrogens with two attached hydrogens (primary N) is 1. The molecule has 0 atom stereocenters. The van der Waals surface area contributed by atoms with Gasteiger partial charge in [0.1, 0.15) is 5.75 Å². The van der Waals surface area contributed by atoms with Gasteiger partial charge >= 0.3 is 0 Å². The van der Waals surface area contributed by atoms with E-state index in [0.717, 1.165) is 5.56 Å². The van der Waals surface area contributed by atoms with Crippen LogP contribution in [-0.4, -0.2) is 12.0 Å². The van der Waals surface area contributed by atoms with Gasteiger partial charge < -0.3 is 4.74 Å². The number of rotatable bonds is 4. The summed E-state index contributed by atoms with van der Waals surface area (Å²) in [5.74, 6) is 5.60. The average molecular weight is 197 g/mol. The van der Waals surface area contributed by atoms with E-state index in [1.165, 1.54) is 19.2 Å². The Morgan fingerprint density at radius 1 is 1.64 bits per heavy atom. The number of nitro groups is 1. The Kier molecular flexibility index (Phi) is 3.38. The molecule has 0 spiro atoms. The first-order valence-electron chi connectivity index (χ1n) is 3.93. The molecule has 0 bridgehead atoms. The highest BCUT2D eigenvalue weighted by Gasteiger charge is 2.10. The van der Waals surface area contributed by atoms with Gasteiger partial charge in [-0.3, -0.25) is 21.4 Å². The van der Waals surface area contributed by atoms with E-state index in [2.05, 4.69) is 5.43 Å². The second-order valence-electron chi connectivity index (χ2n) is 2.63. The molecule has 0 fully saturated rings. The Bertz CT molecular complexity index is 341. The molecule has 0 amide bonds. The molecule has 1 rings (SSSR count). The molecule has 0 aliphatic heterocycles. The molecule has 14 heavy (non-hydrogen) atoms. The van der Waals surface area contributed by atoms with Crippen LogP contribution in [0.1, 0.15) is 5.56 Å². The number of hydrogen-bond acceptors (Lipinski definition) is 5. The van der Waals surface area contributed by atoms with Crippen LogP contribution in [0.4, 0.5) is 5.69 Å². The lowest BCUT2D eigenvalue weighted by Gasteiger charge is -2.06. The zero-order valence-electron chi connectivity index (χ0n) is 7.69. The van der Waals surface area contributed by atoms with Crippen molar-refractivity contribution >= 4 is 5.69 Å². The minimum atomic E-state index is -0.470. The highest BCUT2D eigenvalue weighted by Crippen LogP contribution is 2.24. The van der Waals surface area contributed by atoms with Crippen LogP contribution in [0.3, 0.4) is 0 Å². The average Bonchev–Trinajstić information content (AvgIpc) is 2.18. The molecule has 0 radical (unpaired) electrons. The zero-order valence-corrected chi connectivity index (χ0v) is 7.69. The molecule has 0 saturated heterocycles. The SMILES string of the molecule is COc1cc([N+](=O)[O-])ccc1CNN. The van der Waals surface area contributed by atoms with E-state index in [4.69, 9.17) is 10.6 Å². The summed E-state index contributed by atoms with van der Waals surface area (Å²) >= 11 is 0. The largest absolute Gasteiger partial charge is 0.496 e. The summed E-state index contributed by atoms with van der Waals surface area (Å²) in [5.41, 5.74) is 3.24. The number of benzene rings is 1. The minimum absolute atomic E-state index is 0.00243. The molecule has 1 aromatic carbocycles. The van der Waals surface area contributed by atoms with Crippen LogP contribution >= 0.6 is 0 Å². The van der Waals surface area contributed by atoms with Crippen LogP contribution in [0.15, 0.2) is 18.2 Å². The fourth-order valence-corrected chi connectivity index (χ4v) is 1.10. The maximum absolute atomic E-state index is 10.4. The molecule has 6 nitrogen and oxygen atoms in total. The van der Waals surface area contributed by atoms with E-state index in [0.29, 0.717) is 12.3 Å². The number of non-ortho nitro benzene ring substituents is 1. The Hall–Kier alpha value is -1.66. The molecule has 76 valence electrons. The fraction of sp³-hybridized carbons (Fsp3) is 0.250. The van der Waals surface area contributed by atoms with Crippen molar-refractivity contribution in [1.29, 1.82) is 0 Å². The molecule has 0 aliphatic carbocycles. The predicted molar refractivity (Wildman–Crippen MR) is 50.7 cm³/mol. The predicted octanol–water partition coefficient (Wildman–Crippen LogP) is 0.567. The van der Waals surface area contributed by atoms with Crippen LogP contribution < -0.4 is 16.0 Å². The number of ether oxygens (including phenoxy) is 1. The molecule has 1 aromatic rings. The normalized spacial score (nSPS) is 9.86. The number of methoxy groups -OCH3 is 1. The van der Waals surface area contributed by atoms with Gasteiger partial charge in [-0.25, -0.2) is 0 Å². The third-order valence-electron chi connectivity index (χ3n) is 1.77. The Labute approximate surface area is 80.8 Å². The topological polar surface area (TPSA) is 90.4 Å². The summed E-state index contributed by atoms with van der Waals surface area (Å²) in [6.45, 7) is 0.404. The van der Waals surface area contributed by atoms with Crippen LogP contribution in [0.5, 0.6) is 5.75 Å². The highest BCUT2D eigenvalue weighted by molar-refractivity contribution is 5.44. The van der Waals surface area contributed by atoms with Gasteiger partial charge in [-0.15, -0.1) is 0 Å². The van der Waals surface area contributed by atoms with Gasteiger partial charge in [0, 0.05) is 18.2 Å². The van der Waals surface area contributed by atoms with Crippen LogP contribution in [0.2, 0.25) is 0 Å². The second-order valence-corrected chi connectivity index (χ2v) is 2.63. The number of nitrogens with one attached hydrogen (secondary N) is 1. The lowest BCUT2D eigenvalue weighted by atomic mass is 10.2. The lowest BCUT2D eigenvalue weighted by Crippen LogP contribution is -2.21. The summed E-state index contributed by atoms with van der Waals surface area (Å²) in [6.07, 6.45) is 0. The molecular weight excluding hydrogens is 186 g/mol. The van der Waals surface area contributed by atoms with E-state index < -0.39 is 4.92 Å². The van der Waals surface area contributed by atoms with Gasteiger partial charge in [-0.2, -0.15) is 0 Å². The maximum Gasteiger partial charge on any atom is 0.273 e. The Morgan fingerprint density at radius 2 is 2.36 bits per heavy atom. The van der Waals surface area contributed by atoms with Crippen molar-refractivity contribution < 1.29 is 9.66 Å². The summed E-state index contributed by atoms with van der Waals surface area (Å²) in [6, 6.07) is 4.39. The van der Waals surface area contributed by atoms with Crippen LogP contribution in [-0.2, 0) is 6.54 Å². The van der Waals surface area contributed by atoms with Gasteiger partial charge in [0.25, 0.3) is 5.69 Å². The number of hydrogen-bond donors (Lipinski definition) is 2. The monoisotopic (exact) mass is 197 g/mol. The van der Waals surface area contributed by atoms with Gasteiger partial charge in [0.05, 0.1) is 18.1 Å². The highest BCUT2D eigenvalue weighted by atomic mass is 16.6. The Morgan fingerprint density at radius 3 is 2.86 bits per heavy atom. The second kappa shape index (κ2) is 4.54. The van der Waals surface area contributed by atoms with E-state index in [-0.39, 0.29) is 5.69 Å². The fourth-order valence-electron chi connectivity index (χ4n) is 1.10. The van der Waals surface area contributed by atoms with Crippen molar-refractivity contribution in [2.45, 2.75) is 6.54 Å². The molecular formula is C8H11N3O3. The van der Waals surface area contributed by atoms with E-state index in [1.54, 1.807) is 6.07 Å². The van der Waals surface area contributed by atoms with Crippen LogP contribution in [0.25, 0.3) is 0 Å². The number of nitrogens with zero attached hydrogens (tertiary/aromatic N) is 1. The first kappa shape index (κ1) is 10.4. The first-order valence-corrected chi connectivity index (χ1v) is 3.93. The quantitative estimate of drug-likeness (QED) is 0.418. The zero-order chi connectivity index (χ0) is 10.6. The molecule has 6 heteroatoms. The lowest BCUT2D eigenvalue weighted by molar-refractivity contribution is -0.384. The third kappa shape index (κ3) is 2.18. The number of nitro benzene ring substituents is 1. The van der Waals surface area contributed by atoms with Crippen molar-refractivity contribution in [3.63, 3.8) is 0 Å². The van der Waals surface area contributed by atoms with Gasteiger partial charge in [-0.05, 0) is 6.07 Å². The van der Waals surface area contributed by atoms with Crippen molar-refractivity contribution in [3.8, 4) is 5.75 Å². The van der Waals surface area contributed by atoms with E-state index >= 15 is 0 Å². The smallest absolute Gasteiger partial charge is 0.273 e. The minimum Gasteiger partial charge on any atom is -0.496 e. The van der Waals surface area contributed by atoms with Crippen molar-refractivity contribution in [3.05, 3.63) is 33.9 Å². The summed E-state index contributed by atoms with van der Waals surface area (Å²) in [7, 11) is 1.46. The van der Waals surface area contributed by atoms with E-state index in [9.17, 15) is 10.1 Å². The standard InChI is InChI=1S/C8H11N3O3/c1-14-8-4-7(11(12)13)3-2-6(8)5-10-9/h2-4,10H,5,9H2,1H3. The summed E-state index contributed by atoms with van der Waals surface area (Å²) in [4.78, 5) is 9.98. The van der Waals surface area contributed by atoms with Crippen molar-refractivity contribution in [2.75, 3.05) is 7.11 Å². The van der Waals surface area contributed by atoms with Gasteiger partial charge in [-0.1, -0.05) is 0 Å². The van der Waals surface area contributed by atoms with Gasteiger partial charge in [0.2, 0.25) is 0 Å². The molecule has 0 aliphatic rings. The Balaban J connectivity index is 3.04. The van der Waals surface area contributed by atoms with Crippen LogP contribution in [0, 0.1) is 10.1 Å². The summed E-state index contributed by atoms with van der Waals surface area (Å²) in [5, 5.41) is 10.4. The maximum atomic E-state index is 10.4. The van der Waals surface area contributed by atoms with Gasteiger partial charge in [0.15, 0.2) is 0 Å². The molecule has 0 saturated carbocycles. The summed E-state index contributed by atoms with van der Waals surface area (Å²) < 4.78 is 4.99. The third-order valence-corrected chi connectivity index (χ3v) is 1.77. The molecule has 3 N–H and O–H groups in total. The molecule has 0 unspecified atom stereocenters. The molecule has 0 heterocycles.